The molecule has 0 saturated heterocycles. The number of unbranched alkanes of at least 4 members (excludes halogenated alkanes) is 2. The number of nitrogens with zero attached hydrogens (tertiary/aromatic N) is 1. The van der Waals surface area contributed by atoms with Crippen molar-refractivity contribution in [2.45, 2.75) is 71.3 Å². The molecule has 1 aliphatic carbocycles. The first-order valence-electron chi connectivity index (χ1n) is 6.38. The fourth-order valence-electron chi connectivity index (χ4n) is 1.95. The molecule has 0 radical (unpaired) electrons. The Kier molecular flexibility index (Phi) is 9.49. The molecule has 0 aromatic rings. The van der Waals surface area contributed by atoms with E-state index in [1.165, 1.54) is 51.4 Å². The maximum Gasteiger partial charge on any atom is 0.00891 e. The third-order valence-corrected chi connectivity index (χ3v) is 3.01. The molecular weight excluding hydrogens is 170 g/mol. The number of hydrogen-bond donors (Lipinski definition) is 0. The smallest absolute Gasteiger partial charge is 0.00891 e. The van der Waals surface area contributed by atoms with E-state index in [0.29, 0.717) is 0 Å². The molecule has 0 spiro atoms. The summed E-state index contributed by atoms with van der Waals surface area (Å²) in [7, 11) is 4.38. The zero-order valence-electron chi connectivity index (χ0n) is 10.7. The van der Waals surface area contributed by atoms with Gasteiger partial charge in [-0.15, -0.1) is 0 Å². The first-order chi connectivity index (χ1) is 6.72. The van der Waals surface area contributed by atoms with Crippen molar-refractivity contribution in [3.8, 4) is 0 Å². The van der Waals surface area contributed by atoms with Gasteiger partial charge in [0.1, 0.15) is 0 Å². The molecule has 1 rings (SSSR count). The van der Waals surface area contributed by atoms with E-state index in [1.807, 2.05) is 0 Å². The molecule has 0 atom stereocenters. The van der Waals surface area contributed by atoms with Gasteiger partial charge in [-0.2, -0.15) is 0 Å². The minimum atomic E-state index is 0.888. The summed E-state index contributed by atoms with van der Waals surface area (Å²) in [5, 5.41) is 0. The predicted molar refractivity (Wildman–Crippen MR) is 65.8 cm³/mol. The van der Waals surface area contributed by atoms with Crippen LogP contribution in [0.5, 0.6) is 0 Å². The van der Waals surface area contributed by atoms with E-state index < -0.39 is 0 Å². The fourth-order valence-corrected chi connectivity index (χ4v) is 1.95. The largest absolute Gasteiger partial charge is 0.306 e. The Balaban J connectivity index is 0.000000292. The van der Waals surface area contributed by atoms with Crippen LogP contribution in [0.2, 0.25) is 0 Å². The lowest BCUT2D eigenvalue weighted by atomic mass is 9.95. The molecule has 0 N–H and O–H groups in total. The van der Waals surface area contributed by atoms with Gasteiger partial charge in [0.2, 0.25) is 0 Å². The van der Waals surface area contributed by atoms with Gasteiger partial charge in [-0.1, -0.05) is 52.4 Å². The van der Waals surface area contributed by atoms with E-state index in [2.05, 4.69) is 32.8 Å². The summed E-state index contributed by atoms with van der Waals surface area (Å²) in [6.45, 7) is 4.42. The average molecular weight is 199 g/mol. The molecule has 1 saturated carbocycles. The van der Waals surface area contributed by atoms with Gasteiger partial charge in [-0.25, -0.2) is 0 Å². The van der Waals surface area contributed by atoms with Crippen LogP contribution in [-0.2, 0) is 0 Å². The van der Waals surface area contributed by atoms with Gasteiger partial charge in [0, 0.05) is 6.04 Å². The van der Waals surface area contributed by atoms with Crippen molar-refractivity contribution in [1.82, 2.24) is 4.90 Å². The topological polar surface area (TPSA) is 3.24 Å². The molecule has 0 unspecified atom stereocenters. The first kappa shape index (κ1) is 14.0. The van der Waals surface area contributed by atoms with E-state index in [0.717, 1.165) is 6.04 Å². The van der Waals surface area contributed by atoms with Gasteiger partial charge in [0.25, 0.3) is 0 Å². The van der Waals surface area contributed by atoms with Crippen LogP contribution in [0.4, 0.5) is 0 Å². The van der Waals surface area contributed by atoms with Crippen LogP contribution in [0.1, 0.15) is 65.2 Å². The minimum absolute atomic E-state index is 0.888. The van der Waals surface area contributed by atoms with Crippen LogP contribution >= 0.6 is 0 Å². The Morgan fingerprint density at radius 3 is 1.64 bits per heavy atom. The Hall–Kier alpha value is -0.0400. The second-order valence-corrected chi connectivity index (χ2v) is 4.61. The van der Waals surface area contributed by atoms with Crippen LogP contribution in [0.3, 0.4) is 0 Å². The predicted octanol–water partition coefficient (Wildman–Crippen LogP) is 4.08. The highest BCUT2D eigenvalue weighted by atomic mass is 15.1. The van der Waals surface area contributed by atoms with Gasteiger partial charge in [0.05, 0.1) is 0 Å². The maximum atomic E-state index is 2.36. The zero-order valence-corrected chi connectivity index (χ0v) is 10.7. The molecule has 0 aromatic carbocycles. The monoisotopic (exact) mass is 199 g/mol. The lowest BCUT2D eigenvalue weighted by Gasteiger charge is -2.27. The summed E-state index contributed by atoms with van der Waals surface area (Å²) in [6.07, 6.45) is 11.3. The summed E-state index contributed by atoms with van der Waals surface area (Å²) in [4.78, 5) is 2.36. The second-order valence-electron chi connectivity index (χ2n) is 4.61. The Labute approximate surface area is 90.9 Å². The Bertz CT molecular complexity index is 102. The van der Waals surface area contributed by atoms with Crippen LogP contribution in [0.25, 0.3) is 0 Å². The van der Waals surface area contributed by atoms with Crippen molar-refractivity contribution in [3.63, 3.8) is 0 Å². The molecule has 0 aliphatic heterocycles. The van der Waals surface area contributed by atoms with Crippen molar-refractivity contribution in [3.05, 3.63) is 0 Å². The molecule has 86 valence electrons. The highest BCUT2D eigenvalue weighted by molar-refractivity contribution is 4.70. The summed E-state index contributed by atoms with van der Waals surface area (Å²) < 4.78 is 0. The van der Waals surface area contributed by atoms with Crippen LogP contribution in [0.15, 0.2) is 0 Å². The van der Waals surface area contributed by atoms with Crippen LogP contribution < -0.4 is 0 Å². The minimum Gasteiger partial charge on any atom is -0.306 e. The summed E-state index contributed by atoms with van der Waals surface area (Å²) >= 11 is 0. The van der Waals surface area contributed by atoms with Gasteiger partial charge in [0.15, 0.2) is 0 Å². The van der Waals surface area contributed by atoms with Gasteiger partial charge in [-0.05, 0) is 26.9 Å². The quantitative estimate of drug-likeness (QED) is 0.662. The highest BCUT2D eigenvalue weighted by Crippen LogP contribution is 2.20. The number of hydrogen-bond acceptors (Lipinski definition) is 1. The molecular formula is C13H29N. The molecule has 14 heavy (non-hydrogen) atoms. The molecule has 1 heteroatoms. The lowest BCUT2D eigenvalue weighted by molar-refractivity contribution is 0.229. The zero-order chi connectivity index (χ0) is 10.8. The SMILES string of the molecule is CCCCC.CN(C)C1CCCCC1. The lowest BCUT2D eigenvalue weighted by Crippen LogP contribution is -2.29. The summed E-state index contributed by atoms with van der Waals surface area (Å²) in [6, 6.07) is 0.888. The van der Waals surface area contributed by atoms with Crippen molar-refractivity contribution in [2.24, 2.45) is 0 Å². The van der Waals surface area contributed by atoms with E-state index in [4.69, 9.17) is 0 Å². The maximum absolute atomic E-state index is 2.36. The van der Waals surface area contributed by atoms with Crippen molar-refractivity contribution in [2.75, 3.05) is 14.1 Å². The van der Waals surface area contributed by atoms with Gasteiger partial charge in [-0.3, -0.25) is 0 Å². The molecule has 1 nitrogen and oxygen atoms in total. The van der Waals surface area contributed by atoms with E-state index >= 15 is 0 Å². The van der Waals surface area contributed by atoms with Crippen molar-refractivity contribution >= 4 is 0 Å². The Morgan fingerprint density at radius 2 is 1.43 bits per heavy atom. The van der Waals surface area contributed by atoms with Crippen molar-refractivity contribution in [1.29, 1.82) is 0 Å². The van der Waals surface area contributed by atoms with Crippen molar-refractivity contribution < 1.29 is 0 Å². The normalized spacial score (nSPS) is 17.8. The first-order valence-corrected chi connectivity index (χ1v) is 6.38. The van der Waals surface area contributed by atoms with E-state index in [1.54, 1.807) is 0 Å². The molecule has 0 aromatic heterocycles. The number of rotatable bonds is 3. The van der Waals surface area contributed by atoms with Gasteiger partial charge < -0.3 is 4.90 Å². The van der Waals surface area contributed by atoms with Gasteiger partial charge >= 0.3 is 0 Å². The Morgan fingerprint density at radius 1 is 0.929 bits per heavy atom. The summed E-state index contributed by atoms with van der Waals surface area (Å²) in [5.74, 6) is 0. The van der Waals surface area contributed by atoms with Crippen LogP contribution in [0, 0.1) is 0 Å². The molecule has 1 aliphatic rings. The molecule has 0 heterocycles. The third kappa shape index (κ3) is 7.37. The van der Waals surface area contributed by atoms with E-state index in [-0.39, 0.29) is 0 Å². The average Bonchev–Trinajstić information content (AvgIpc) is 2.21. The molecule has 1 fully saturated rings. The van der Waals surface area contributed by atoms with E-state index in [9.17, 15) is 0 Å². The van der Waals surface area contributed by atoms with Crippen LogP contribution in [-0.4, -0.2) is 25.0 Å². The highest BCUT2D eigenvalue weighted by Gasteiger charge is 2.13. The standard InChI is InChI=1S/C8H17N.C5H12/c1-9(2)8-6-4-3-5-7-8;1-3-5-4-2/h8H,3-7H2,1-2H3;3-5H2,1-2H3. The molecule has 0 bridgehead atoms. The molecule has 0 amide bonds. The fraction of sp³-hybridized carbons (Fsp3) is 1.00. The second kappa shape index (κ2) is 9.51. The summed E-state index contributed by atoms with van der Waals surface area (Å²) in [5.41, 5.74) is 0. The third-order valence-electron chi connectivity index (χ3n) is 3.01.